The maximum Gasteiger partial charge on any atom is 0.372 e. The van der Waals surface area contributed by atoms with Crippen LogP contribution in [-0.2, 0) is 42.5 Å². The molecule has 2 amide bonds. The van der Waals surface area contributed by atoms with E-state index < -0.39 is 60.5 Å². The summed E-state index contributed by atoms with van der Waals surface area (Å²) in [5.74, 6) is -0.403. The van der Waals surface area contributed by atoms with Crippen LogP contribution in [0.25, 0.3) is 27.2 Å². The minimum absolute atomic E-state index is 0.0105. The smallest absolute Gasteiger partial charge is 0.372 e. The molecule has 25 heteroatoms. The van der Waals surface area contributed by atoms with Crippen molar-refractivity contribution < 1.29 is 50.5 Å². The Hall–Kier alpha value is -6.91. The lowest BCUT2D eigenvalue weighted by molar-refractivity contribution is -0.0807. The van der Waals surface area contributed by atoms with Gasteiger partial charge in [-0.15, -0.1) is 0 Å². The van der Waals surface area contributed by atoms with Crippen LogP contribution in [0.3, 0.4) is 0 Å². The van der Waals surface area contributed by atoms with Crippen molar-refractivity contribution in [3.05, 3.63) is 138 Å². The summed E-state index contributed by atoms with van der Waals surface area (Å²) in [7, 11) is -9.10. The van der Waals surface area contributed by atoms with Crippen molar-refractivity contribution in [2.24, 2.45) is 4.15 Å². The van der Waals surface area contributed by atoms with Crippen molar-refractivity contribution in [2.45, 2.75) is 101 Å². The molecule has 2 saturated heterocycles. The predicted molar refractivity (Wildman–Crippen MR) is 274 cm³/mol. The Morgan fingerprint density at radius 2 is 1.27 bits per heavy atom. The van der Waals surface area contributed by atoms with Crippen LogP contribution in [0.5, 0.6) is 0 Å². The maximum absolute atomic E-state index is 14.5. The lowest BCUT2D eigenvalue weighted by atomic mass is 10.2. The fraction of sp³-hybridized carbons (Fsp3) is 0.380. The van der Waals surface area contributed by atoms with Crippen LogP contribution in [0.1, 0.15) is 79.3 Å². The number of anilines is 2. The molecular formula is C50H55N12O11PS. The first-order valence-electron chi connectivity index (χ1n) is 24.1. The minimum Gasteiger partial charge on any atom is -0.376 e. The Morgan fingerprint density at radius 1 is 0.733 bits per heavy atom. The van der Waals surface area contributed by atoms with Crippen molar-refractivity contribution in [2.75, 3.05) is 37.0 Å². The van der Waals surface area contributed by atoms with Crippen molar-refractivity contribution in [1.29, 1.82) is 0 Å². The van der Waals surface area contributed by atoms with E-state index in [1.54, 1.807) is 75.9 Å². The molecule has 2 N–H and O–H groups in total. The highest BCUT2D eigenvalue weighted by Crippen LogP contribution is 2.58. The molecule has 2 aliphatic rings. The standard InChI is InChI=1S/C50H55N12O11PS/c1-31(2)67-25-39-38(24-42(71-39)62-30-57-44-46(53-28-55-48(44)62)59-50(64)35-15-11-8-12-16-35)73-74(68-22-21-51-6,60-75(65,66)36-19-17-33(5)18-20-36)69-26-40-37(70-32(3)4)23-41(72-40)61-29-56-43-45(52-27-54-47(43)61)58-49(63)34-13-9-7-10-14-34/h7-20,27-32,37-42H,21-26H2,1-5H3,(H,52,54,58,63)(H,53,55,59,64)/t37-,38-,39?,40?,41?,42?,74?/m1/s1. The molecule has 5 unspecified atom stereocenters. The van der Waals surface area contributed by atoms with Gasteiger partial charge in [-0.25, -0.2) is 36.5 Å². The molecule has 4 aromatic heterocycles. The van der Waals surface area contributed by atoms with Gasteiger partial charge in [-0.2, -0.15) is 8.42 Å². The van der Waals surface area contributed by atoms with Gasteiger partial charge in [0.1, 0.15) is 50.0 Å². The van der Waals surface area contributed by atoms with E-state index in [1.165, 1.54) is 37.4 Å². The highest BCUT2D eigenvalue weighted by Gasteiger charge is 2.46. The normalized spacial score (nSPS) is 20.6. The number of nitrogens with one attached hydrogen (secondary N) is 2. The number of hydrogen-bond donors (Lipinski definition) is 2. The van der Waals surface area contributed by atoms with Gasteiger partial charge in [0.25, 0.3) is 21.8 Å². The summed E-state index contributed by atoms with van der Waals surface area (Å²) in [5.41, 5.74) is 2.97. The molecule has 75 heavy (non-hydrogen) atoms. The van der Waals surface area contributed by atoms with Gasteiger partial charge in [-0.1, -0.05) is 58.2 Å². The van der Waals surface area contributed by atoms with E-state index in [1.807, 2.05) is 40.7 Å². The summed E-state index contributed by atoms with van der Waals surface area (Å²) in [6.07, 6.45) is 0.434. The first-order valence-corrected chi connectivity index (χ1v) is 27.0. The number of amides is 2. The highest BCUT2D eigenvalue weighted by atomic mass is 32.2. The number of carbonyl (C=O) groups is 2. The summed E-state index contributed by atoms with van der Waals surface area (Å²) >= 11 is 0. The lowest BCUT2D eigenvalue weighted by Gasteiger charge is -2.29. The number of benzene rings is 3. The van der Waals surface area contributed by atoms with Crippen LogP contribution in [0, 0.1) is 13.5 Å². The van der Waals surface area contributed by atoms with Crippen LogP contribution in [0.2, 0.25) is 0 Å². The number of aryl methyl sites for hydroxylation is 1. The topological polar surface area (TPSA) is 261 Å². The third-order valence-corrected chi connectivity index (χ3v) is 16.0. The van der Waals surface area contributed by atoms with Crippen molar-refractivity contribution in [1.82, 2.24) is 39.0 Å². The first-order chi connectivity index (χ1) is 36.2. The zero-order valence-electron chi connectivity index (χ0n) is 41.6. The van der Waals surface area contributed by atoms with Crippen LogP contribution < -0.4 is 10.6 Å². The van der Waals surface area contributed by atoms with E-state index in [2.05, 4.69) is 49.5 Å². The number of nitrogens with zero attached hydrogens (tertiary/aromatic N) is 10. The SMILES string of the molecule is [C-]#[N+]CCOP(=NS(=O)(=O)c1ccc(C)cc1)(OCC1OC(n2cnc3c(NC(=O)c4ccccc4)ncnc32)C[C@H]1OC(C)C)O[C@@H]1CC(n2cnc3c(NC(=O)c4ccccc4)ncnc32)OC1COC(C)C. The molecular weight excluding hydrogens is 1010 g/mol. The molecule has 2 aliphatic heterocycles. The van der Waals surface area contributed by atoms with Crippen molar-refractivity contribution in [3.8, 4) is 0 Å². The molecule has 0 radical (unpaired) electrons. The molecule has 6 heterocycles. The first kappa shape index (κ1) is 52.9. The number of fused-ring (bicyclic) bond motifs is 2. The Balaban J connectivity index is 1.04. The highest BCUT2D eigenvalue weighted by molar-refractivity contribution is 7.93. The number of ether oxygens (including phenoxy) is 4. The van der Waals surface area contributed by atoms with Gasteiger partial charge in [-0.3, -0.25) is 32.3 Å². The minimum atomic E-state index is -4.60. The Kier molecular flexibility index (Phi) is 16.5. The second-order valence-electron chi connectivity index (χ2n) is 18.1. The zero-order chi connectivity index (χ0) is 52.7. The number of carbonyl (C=O) groups excluding carboxylic acids is 2. The lowest BCUT2D eigenvalue weighted by Crippen LogP contribution is -2.33. The van der Waals surface area contributed by atoms with E-state index in [0.29, 0.717) is 27.9 Å². The number of aromatic nitrogens is 8. The molecule has 392 valence electrons. The van der Waals surface area contributed by atoms with E-state index in [-0.39, 0.29) is 79.4 Å². The average Bonchev–Trinajstić information content (AvgIpc) is 4.22. The molecule has 0 aliphatic carbocycles. The van der Waals surface area contributed by atoms with Crippen LogP contribution in [0.4, 0.5) is 11.6 Å². The summed E-state index contributed by atoms with van der Waals surface area (Å²) in [6, 6.07) is 23.5. The second kappa shape index (κ2) is 23.3. The van der Waals surface area contributed by atoms with E-state index in [4.69, 9.17) is 39.1 Å². The Morgan fingerprint density at radius 3 is 1.79 bits per heavy atom. The van der Waals surface area contributed by atoms with Gasteiger partial charge in [0.05, 0.1) is 49.1 Å². The third-order valence-electron chi connectivity index (χ3n) is 11.9. The Labute approximate surface area is 432 Å². The molecule has 3 aromatic carbocycles. The largest absolute Gasteiger partial charge is 0.376 e. The molecule has 0 saturated carbocycles. The Bertz CT molecular complexity index is 3340. The fourth-order valence-corrected chi connectivity index (χ4v) is 12.2. The summed E-state index contributed by atoms with van der Waals surface area (Å²) < 4.78 is 82.5. The summed E-state index contributed by atoms with van der Waals surface area (Å²) in [4.78, 5) is 56.3. The monoisotopic (exact) mass is 1060 g/mol. The quantitative estimate of drug-likeness (QED) is 0.0393. The maximum atomic E-state index is 14.5. The molecule has 9 rings (SSSR count). The molecule has 2 fully saturated rings. The van der Waals surface area contributed by atoms with Gasteiger partial charge in [0.2, 0.25) is 6.54 Å². The predicted octanol–water partition coefficient (Wildman–Crippen LogP) is 7.95. The molecule has 23 nitrogen and oxygen atoms in total. The summed E-state index contributed by atoms with van der Waals surface area (Å²) in [6.45, 7) is 16.0. The number of imidazole rings is 2. The third kappa shape index (κ3) is 12.5. The summed E-state index contributed by atoms with van der Waals surface area (Å²) in [5, 5.41) is 5.64. The van der Waals surface area contributed by atoms with Gasteiger partial charge in [-0.05, 0) is 71.0 Å². The second-order valence-corrected chi connectivity index (χ2v) is 21.8. The van der Waals surface area contributed by atoms with Crippen molar-refractivity contribution in [3.63, 3.8) is 0 Å². The number of sulfonamides is 1. The molecule has 7 aromatic rings. The van der Waals surface area contributed by atoms with E-state index in [9.17, 15) is 18.0 Å². The number of rotatable bonds is 21. The van der Waals surface area contributed by atoms with Gasteiger partial charge in [0, 0.05) is 24.0 Å². The fourth-order valence-electron chi connectivity index (χ4n) is 8.37. The van der Waals surface area contributed by atoms with Crippen LogP contribution in [0.15, 0.2) is 119 Å². The zero-order valence-corrected chi connectivity index (χ0v) is 43.3. The van der Waals surface area contributed by atoms with Gasteiger partial charge < -0.3 is 34.4 Å². The van der Waals surface area contributed by atoms with E-state index in [0.717, 1.165) is 5.56 Å². The molecule has 0 spiro atoms. The van der Waals surface area contributed by atoms with Gasteiger partial charge in [0.15, 0.2) is 34.0 Å². The molecule has 0 bridgehead atoms. The van der Waals surface area contributed by atoms with Gasteiger partial charge >= 0.3 is 7.74 Å². The van der Waals surface area contributed by atoms with E-state index >= 15 is 0 Å². The van der Waals surface area contributed by atoms with Crippen LogP contribution in [-0.4, -0.2) is 122 Å². The average molecular weight is 1060 g/mol. The number of hydrogen-bond acceptors (Lipinski definition) is 17. The van der Waals surface area contributed by atoms with Crippen molar-refractivity contribution >= 4 is 63.5 Å². The molecule has 7 atom stereocenters. The van der Waals surface area contributed by atoms with Crippen LogP contribution >= 0.6 is 7.74 Å².